The topological polar surface area (TPSA) is 79.4 Å². The molecule has 152 valence electrons. The number of aromatic nitrogens is 1. The first-order valence-corrected chi connectivity index (χ1v) is 11.4. The van der Waals surface area contributed by atoms with Crippen molar-refractivity contribution in [1.82, 2.24) is 9.29 Å². The first kappa shape index (κ1) is 21.3. The van der Waals surface area contributed by atoms with Crippen LogP contribution >= 0.6 is 11.8 Å². The fourth-order valence-electron chi connectivity index (χ4n) is 2.77. The third kappa shape index (κ3) is 4.77. The van der Waals surface area contributed by atoms with E-state index >= 15 is 0 Å². The second kappa shape index (κ2) is 8.52. The molecule has 1 atom stereocenters. The molecule has 0 saturated carbocycles. The first-order valence-electron chi connectivity index (χ1n) is 9.05. The summed E-state index contributed by atoms with van der Waals surface area (Å²) in [5.41, 5.74) is 2.35. The van der Waals surface area contributed by atoms with Crippen LogP contribution in [-0.4, -0.2) is 43.0 Å². The number of hydrogen-bond donors (Lipinski definition) is 1. The Kier molecular flexibility index (Phi) is 6.26. The van der Waals surface area contributed by atoms with Crippen molar-refractivity contribution in [1.29, 1.82) is 0 Å². The first-order chi connectivity index (χ1) is 13.7. The van der Waals surface area contributed by atoms with E-state index in [2.05, 4.69) is 10.3 Å². The van der Waals surface area contributed by atoms with Crippen LogP contribution in [0.15, 0.2) is 64.5 Å². The number of nitrogens with one attached hydrogen (secondary N) is 1. The summed E-state index contributed by atoms with van der Waals surface area (Å²) in [6, 6.07) is 16.1. The van der Waals surface area contributed by atoms with Gasteiger partial charge in [0.25, 0.3) is 0 Å². The average molecular weight is 430 g/mol. The number of carbonyl (C=O) groups is 1. The Labute approximate surface area is 175 Å². The van der Waals surface area contributed by atoms with Crippen LogP contribution in [-0.2, 0) is 14.8 Å². The van der Waals surface area contributed by atoms with Crippen molar-refractivity contribution < 1.29 is 13.2 Å². The number of nitrogens with zero attached hydrogens (tertiary/aromatic N) is 2. The van der Waals surface area contributed by atoms with Crippen LogP contribution < -0.4 is 5.32 Å². The van der Waals surface area contributed by atoms with Crippen molar-refractivity contribution in [3.8, 4) is 0 Å². The predicted molar refractivity (Wildman–Crippen MR) is 118 cm³/mol. The van der Waals surface area contributed by atoms with Gasteiger partial charge in [-0.25, -0.2) is 17.7 Å². The fraction of sp³-hybridized carbons (Fsp3) is 0.238. The lowest BCUT2D eigenvalue weighted by Crippen LogP contribution is -2.22. The van der Waals surface area contributed by atoms with Gasteiger partial charge in [-0.2, -0.15) is 0 Å². The summed E-state index contributed by atoms with van der Waals surface area (Å²) in [5, 5.41) is 4.04. The van der Waals surface area contributed by atoms with E-state index in [4.69, 9.17) is 0 Å². The molecule has 8 heteroatoms. The summed E-state index contributed by atoms with van der Waals surface area (Å²) < 4.78 is 26.0. The third-order valence-corrected chi connectivity index (χ3v) is 7.28. The molecule has 2 aromatic carbocycles. The minimum absolute atomic E-state index is 0.104. The van der Waals surface area contributed by atoms with E-state index in [0.29, 0.717) is 10.5 Å². The monoisotopic (exact) mass is 429 g/mol. The molecule has 0 spiro atoms. The maximum Gasteiger partial charge on any atom is 0.242 e. The fourth-order valence-corrected chi connectivity index (χ4v) is 4.63. The maximum atomic E-state index is 12.5. The zero-order valence-electron chi connectivity index (χ0n) is 16.7. The summed E-state index contributed by atoms with van der Waals surface area (Å²) in [6.45, 7) is 3.74. The van der Waals surface area contributed by atoms with Gasteiger partial charge in [-0.1, -0.05) is 30.0 Å². The van der Waals surface area contributed by atoms with Crippen molar-refractivity contribution in [2.45, 2.75) is 29.0 Å². The van der Waals surface area contributed by atoms with Gasteiger partial charge in [-0.05, 0) is 55.8 Å². The van der Waals surface area contributed by atoms with Crippen molar-refractivity contribution >= 4 is 44.3 Å². The molecule has 1 aromatic heterocycles. The molecule has 0 bridgehead atoms. The second-order valence-corrected chi connectivity index (χ2v) is 10.4. The summed E-state index contributed by atoms with van der Waals surface area (Å²) >= 11 is 1.36. The summed E-state index contributed by atoms with van der Waals surface area (Å²) in [7, 11) is -0.495. The highest BCUT2D eigenvalue weighted by Gasteiger charge is 2.19. The molecule has 0 radical (unpaired) electrons. The molecule has 1 amide bonds. The Bertz CT molecular complexity index is 1150. The lowest BCUT2D eigenvalue weighted by molar-refractivity contribution is -0.115. The van der Waals surface area contributed by atoms with Gasteiger partial charge < -0.3 is 5.32 Å². The van der Waals surface area contributed by atoms with E-state index < -0.39 is 10.0 Å². The number of carbonyl (C=O) groups excluding carboxylic acids is 1. The Hall–Kier alpha value is -2.42. The maximum absolute atomic E-state index is 12.5. The standard InChI is InChI=1S/C21H23N3O3S2/c1-14-12-20(28-15(2)21(25)22-16-8-6-5-7-9-16)23-19-11-10-17(13-18(14)19)29(26,27)24(3)4/h5-13,15H,1-4H3,(H,22,25)/t15-/m0/s1. The zero-order chi connectivity index (χ0) is 21.2. The highest BCUT2D eigenvalue weighted by molar-refractivity contribution is 8.00. The van der Waals surface area contributed by atoms with E-state index in [-0.39, 0.29) is 16.1 Å². The average Bonchev–Trinajstić information content (AvgIpc) is 2.68. The smallest absolute Gasteiger partial charge is 0.242 e. The molecular weight excluding hydrogens is 406 g/mol. The molecule has 3 aromatic rings. The third-order valence-electron chi connectivity index (χ3n) is 4.45. The van der Waals surface area contributed by atoms with Gasteiger partial charge >= 0.3 is 0 Å². The van der Waals surface area contributed by atoms with Crippen molar-refractivity contribution in [3.63, 3.8) is 0 Å². The SMILES string of the molecule is Cc1cc(S[C@@H](C)C(=O)Nc2ccccc2)nc2ccc(S(=O)(=O)N(C)C)cc12. The molecule has 0 saturated heterocycles. The summed E-state index contributed by atoms with van der Waals surface area (Å²) in [4.78, 5) is 17.3. The summed E-state index contributed by atoms with van der Waals surface area (Å²) in [5.74, 6) is -0.104. The van der Waals surface area contributed by atoms with Crippen molar-refractivity contribution in [2.24, 2.45) is 0 Å². The van der Waals surface area contributed by atoms with Crippen LogP contribution in [0.3, 0.4) is 0 Å². The minimum atomic E-state index is -3.51. The van der Waals surface area contributed by atoms with Gasteiger partial charge in [-0.3, -0.25) is 4.79 Å². The molecule has 1 N–H and O–H groups in total. The van der Waals surface area contributed by atoms with Gasteiger partial charge in [0.05, 0.1) is 20.7 Å². The van der Waals surface area contributed by atoms with E-state index in [9.17, 15) is 13.2 Å². The number of pyridine rings is 1. The molecule has 0 fully saturated rings. The van der Waals surface area contributed by atoms with E-state index in [1.54, 1.807) is 18.2 Å². The number of sulfonamides is 1. The molecule has 1 heterocycles. The predicted octanol–water partition coefficient (Wildman–Crippen LogP) is 3.91. The quantitative estimate of drug-likeness (QED) is 0.601. The van der Waals surface area contributed by atoms with Gasteiger partial charge in [-0.15, -0.1) is 0 Å². The Balaban J connectivity index is 1.83. The highest BCUT2D eigenvalue weighted by Crippen LogP contribution is 2.29. The molecular formula is C21H23N3O3S2. The van der Waals surface area contributed by atoms with Crippen LogP contribution in [0.4, 0.5) is 5.69 Å². The number of benzene rings is 2. The number of anilines is 1. The largest absolute Gasteiger partial charge is 0.325 e. The number of aryl methyl sites for hydroxylation is 1. The lowest BCUT2D eigenvalue weighted by atomic mass is 10.1. The number of amides is 1. The van der Waals surface area contributed by atoms with Crippen LogP contribution in [0, 0.1) is 6.92 Å². The van der Waals surface area contributed by atoms with Crippen molar-refractivity contribution in [2.75, 3.05) is 19.4 Å². The Morgan fingerprint density at radius 2 is 1.79 bits per heavy atom. The molecule has 0 aliphatic heterocycles. The van der Waals surface area contributed by atoms with Crippen LogP contribution in [0.2, 0.25) is 0 Å². The lowest BCUT2D eigenvalue weighted by Gasteiger charge is -2.14. The van der Waals surface area contributed by atoms with Gasteiger partial charge in [0, 0.05) is 25.2 Å². The van der Waals surface area contributed by atoms with Crippen LogP contribution in [0.5, 0.6) is 0 Å². The Morgan fingerprint density at radius 3 is 2.45 bits per heavy atom. The molecule has 3 rings (SSSR count). The Morgan fingerprint density at radius 1 is 1.10 bits per heavy atom. The molecule has 0 unspecified atom stereocenters. The molecule has 0 aliphatic rings. The van der Waals surface area contributed by atoms with Crippen molar-refractivity contribution in [3.05, 3.63) is 60.2 Å². The molecule has 6 nitrogen and oxygen atoms in total. The summed E-state index contributed by atoms with van der Waals surface area (Å²) in [6.07, 6.45) is 0. The van der Waals surface area contributed by atoms with E-state index in [1.807, 2.05) is 50.2 Å². The van der Waals surface area contributed by atoms with Crippen LogP contribution in [0.1, 0.15) is 12.5 Å². The molecule has 29 heavy (non-hydrogen) atoms. The minimum Gasteiger partial charge on any atom is -0.325 e. The number of hydrogen-bond acceptors (Lipinski definition) is 5. The van der Waals surface area contributed by atoms with Crippen LogP contribution in [0.25, 0.3) is 10.9 Å². The highest BCUT2D eigenvalue weighted by atomic mass is 32.2. The normalized spacial score (nSPS) is 12.9. The van der Waals surface area contributed by atoms with E-state index in [1.165, 1.54) is 30.2 Å². The van der Waals surface area contributed by atoms with Gasteiger partial charge in [0.2, 0.25) is 15.9 Å². The molecule has 0 aliphatic carbocycles. The number of rotatable bonds is 6. The number of para-hydroxylation sites is 1. The van der Waals surface area contributed by atoms with Gasteiger partial charge in [0.15, 0.2) is 0 Å². The number of thioether (sulfide) groups is 1. The van der Waals surface area contributed by atoms with E-state index in [0.717, 1.165) is 16.6 Å². The van der Waals surface area contributed by atoms with Gasteiger partial charge in [0.1, 0.15) is 0 Å². The zero-order valence-corrected chi connectivity index (χ0v) is 18.3. The number of fused-ring (bicyclic) bond motifs is 1. The second-order valence-electron chi connectivity index (χ2n) is 6.86.